The number of thiophene rings is 1. The van der Waals surface area contributed by atoms with Gasteiger partial charge in [-0.3, -0.25) is 16.3 Å². The van der Waals surface area contributed by atoms with Crippen LogP contribution in [0.2, 0.25) is 0 Å². The zero-order valence-corrected chi connectivity index (χ0v) is 11.7. The van der Waals surface area contributed by atoms with Gasteiger partial charge in [-0.25, -0.2) is 0 Å². The lowest BCUT2D eigenvalue weighted by atomic mass is 10.0. The van der Waals surface area contributed by atoms with Crippen LogP contribution in [0, 0.1) is 0 Å². The highest BCUT2D eigenvalue weighted by Gasteiger charge is 2.13. The lowest BCUT2D eigenvalue weighted by Gasteiger charge is -2.15. The van der Waals surface area contributed by atoms with Gasteiger partial charge in [-0.1, -0.05) is 6.07 Å². The van der Waals surface area contributed by atoms with Gasteiger partial charge in [0.2, 0.25) is 0 Å². The predicted octanol–water partition coefficient (Wildman–Crippen LogP) is 3.04. The largest absolute Gasteiger partial charge is 0.271 e. The van der Waals surface area contributed by atoms with Crippen LogP contribution in [0.15, 0.2) is 39.8 Å². The molecule has 1 unspecified atom stereocenters. The Labute approximate surface area is 113 Å². The Morgan fingerprint density at radius 3 is 2.94 bits per heavy atom. The van der Waals surface area contributed by atoms with Gasteiger partial charge in [0.15, 0.2) is 0 Å². The Kier molecular flexibility index (Phi) is 4.67. The van der Waals surface area contributed by atoms with Crippen molar-refractivity contribution >= 4 is 27.3 Å². The predicted molar refractivity (Wildman–Crippen MR) is 74.6 cm³/mol. The molecule has 0 saturated carbocycles. The van der Waals surface area contributed by atoms with Crippen LogP contribution < -0.4 is 11.3 Å². The van der Waals surface area contributed by atoms with Gasteiger partial charge >= 0.3 is 0 Å². The summed E-state index contributed by atoms with van der Waals surface area (Å²) in [5.41, 5.74) is 5.33. The molecule has 0 aliphatic carbocycles. The Balaban J connectivity index is 2.00. The van der Waals surface area contributed by atoms with E-state index in [1.807, 2.05) is 12.3 Å². The first-order valence-electron chi connectivity index (χ1n) is 5.38. The maximum Gasteiger partial charge on any atom is 0.0482 e. The number of nitrogens with one attached hydrogen (secondary N) is 1. The van der Waals surface area contributed by atoms with Gasteiger partial charge < -0.3 is 0 Å². The molecule has 0 aromatic carbocycles. The monoisotopic (exact) mass is 311 g/mol. The van der Waals surface area contributed by atoms with Crippen LogP contribution in [-0.2, 0) is 6.42 Å². The molecule has 2 rings (SSSR count). The van der Waals surface area contributed by atoms with Crippen LogP contribution in [0.4, 0.5) is 0 Å². The third kappa shape index (κ3) is 3.35. The van der Waals surface area contributed by atoms with Gasteiger partial charge in [0.05, 0.1) is 0 Å². The summed E-state index contributed by atoms with van der Waals surface area (Å²) in [4.78, 5) is 4.11. The van der Waals surface area contributed by atoms with Crippen molar-refractivity contribution in [1.29, 1.82) is 0 Å². The third-order valence-electron chi connectivity index (χ3n) is 2.66. The van der Waals surface area contributed by atoms with E-state index in [9.17, 15) is 0 Å². The van der Waals surface area contributed by atoms with Gasteiger partial charge in [0, 0.05) is 28.3 Å². The van der Waals surface area contributed by atoms with Crippen LogP contribution >= 0.6 is 27.3 Å². The molecule has 3 N–H and O–H groups in total. The Morgan fingerprint density at radius 2 is 2.35 bits per heavy atom. The number of aromatic nitrogens is 1. The van der Waals surface area contributed by atoms with Gasteiger partial charge in [0.25, 0.3) is 0 Å². The van der Waals surface area contributed by atoms with Gasteiger partial charge in [0.1, 0.15) is 0 Å². The number of halogens is 1. The SMILES string of the molecule is NNC(CCc1cccnc1)c1cscc1Br. The van der Waals surface area contributed by atoms with E-state index in [2.05, 4.69) is 43.2 Å². The standard InChI is InChI=1S/C12H14BrN3S/c13-11-8-17-7-10(11)12(16-14)4-3-9-2-1-5-15-6-9/h1-2,5-8,12,16H,3-4,14H2. The zero-order valence-electron chi connectivity index (χ0n) is 9.27. The molecule has 90 valence electrons. The van der Waals surface area contributed by atoms with Crippen molar-refractivity contribution < 1.29 is 0 Å². The maximum atomic E-state index is 5.62. The number of pyridine rings is 1. The minimum Gasteiger partial charge on any atom is -0.271 e. The highest BCUT2D eigenvalue weighted by Crippen LogP contribution is 2.29. The fraction of sp³-hybridized carbons (Fsp3) is 0.250. The number of nitrogens with two attached hydrogens (primary N) is 1. The molecule has 0 aliphatic heterocycles. The smallest absolute Gasteiger partial charge is 0.0482 e. The van der Waals surface area contributed by atoms with Crippen molar-refractivity contribution in [3.05, 3.63) is 50.9 Å². The molecule has 2 aromatic rings. The van der Waals surface area contributed by atoms with E-state index >= 15 is 0 Å². The van der Waals surface area contributed by atoms with E-state index in [0.29, 0.717) is 0 Å². The highest BCUT2D eigenvalue weighted by atomic mass is 79.9. The van der Waals surface area contributed by atoms with Crippen molar-refractivity contribution in [2.24, 2.45) is 5.84 Å². The minimum absolute atomic E-state index is 0.177. The average molecular weight is 312 g/mol. The molecule has 0 bridgehead atoms. The molecule has 3 nitrogen and oxygen atoms in total. The normalized spacial score (nSPS) is 12.6. The van der Waals surface area contributed by atoms with Crippen LogP contribution in [0.25, 0.3) is 0 Å². The average Bonchev–Trinajstić information content (AvgIpc) is 2.78. The molecule has 2 aromatic heterocycles. The molecule has 2 heterocycles. The Hall–Kier alpha value is -0.750. The highest BCUT2D eigenvalue weighted by molar-refractivity contribution is 9.10. The number of rotatable bonds is 5. The lowest BCUT2D eigenvalue weighted by Crippen LogP contribution is -2.28. The van der Waals surface area contributed by atoms with E-state index < -0.39 is 0 Å². The van der Waals surface area contributed by atoms with E-state index in [1.165, 1.54) is 11.1 Å². The second-order valence-electron chi connectivity index (χ2n) is 3.79. The maximum absolute atomic E-state index is 5.62. The van der Waals surface area contributed by atoms with Crippen molar-refractivity contribution in [1.82, 2.24) is 10.4 Å². The number of hydrogen-bond donors (Lipinski definition) is 2. The Bertz CT molecular complexity index is 458. The summed E-state index contributed by atoms with van der Waals surface area (Å²) in [7, 11) is 0. The summed E-state index contributed by atoms with van der Waals surface area (Å²) in [6, 6.07) is 4.22. The van der Waals surface area contributed by atoms with Gasteiger partial charge in [-0.15, -0.1) is 0 Å². The summed E-state index contributed by atoms with van der Waals surface area (Å²) >= 11 is 5.21. The summed E-state index contributed by atoms with van der Waals surface area (Å²) in [5.74, 6) is 5.62. The van der Waals surface area contributed by atoms with Crippen molar-refractivity contribution in [2.75, 3.05) is 0 Å². The van der Waals surface area contributed by atoms with Gasteiger partial charge in [-0.2, -0.15) is 11.3 Å². The number of hydrazine groups is 1. The topological polar surface area (TPSA) is 50.9 Å². The zero-order chi connectivity index (χ0) is 12.1. The first-order valence-corrected chi connectivity index (χ1v) is 7.11. The molecule has 1 atom stereocenters. The number of aryl methyl sites for hydroxylation is 1. The summed E-state index contributed by atoms with van der Waals surface area (Å²) in [6.07, 6.45) is 5.61. The lowest BCUT2D eigenvalue weighted by molar-refractivity contribution is 0.516. The van der Waals surface area contributed by atoms with E-state index in [0.717, 1.165) is 17.3 Å². The van der Waals surface area contributed by atoms with Crippen molar-refractivity contribution in [3.63, 3.8) is 0 Å². The van der Waals surface area contributed by atoms with Crippen molar-refractivity contribution in [3.8, 4) is 0 Å². The van der Waals surface area contributed by atoms with Crippen LogP contribution in [0.1, 0.15) is 23.6 Å². The summed E-state index contributed by atoms with van der Waals surface area (Å²) in [6.45, 7) is 0. The molecule has 0 spiro atoms. The summed E-state index contributed by atoms with van der Waals surface area (Å²) < 4.78 is 1.12. The molecule has 0 fully saturated rings. The van der Waals surface area contributed by atoms with E-state index in [1.54, 1.807) is 17.5 Å². The Morgan fingerprint density at radius 1 is 1.47 bits per heavy atom. The molecule has 17 heavy (non-hydrogen) atoms. The van der Waals surface area contributed by atoms with Crippen molar-refractivity contribution in [2.45, 2.75) is 18.9 Å². The molecule has 5 heteroatoms. The fourth-order valence-electron chi connectivity index (χ4n) is 1.73. The van der Waals surface area contributed by atoms with Crippen LogP contribution in [0.5, 0.6) is 0 Å². The van der Waals surface area contributed by atoms with E-state index in [4.69, 9.17) is 5.84 Å². The number of nitrogens with zero attached hydrogens (tertiary/aromatic N) is 1. The minimum atomic E-state index is 0.177. The van der Waals surface area contributed by atoms with Gasteiger partial charge in [-0.05, 0) is 51.3 Å². The molecular formula is C12H14BrN3S. The first-order chi connectivity index (χ1) is 8.31. The third-order valence-corrected chi connectivity index (χ3v) is 4.41. The van der Waals surface area contributed by atoms with Crippen LogP contribution in [-0.4, -0.2) is 4.98 Å². The fourth-order valence-corrected chi connectivity index (χ4v) is 3.35. The summed E-state index contributed by atoms with van der Waals surface area (Å²) in [5, 5.41) is 4.20. The van der Waals surface area contributed by atoms with E-state index in [-0.39, 0.29) is 6.04 Å². The number of hydrogen-bond acceptors (Lipinski definition) is 4. The second-order valence-corrected chi connectivity index (χ2v) is 5.39. The quantitative estimate of drug-likeness (QED) is 0.659. The van der Waals surface area contributed by atoms with Crippen LogP contribution in [0.3, 0.4) is 0 Å². The second kappa shape index (κ2) is 6.26. The molecule has 0 saturated heterocycles. The molecule has 0 radical (unpaired) electrons. The molecular weight excluding hydrogens is 298 g/mol. The first kappa shape index (κ1) is 12.7. The molecule has 0 aliphatic rings. The molecule has 0 amide bonds.